The molecule has 88 valence electrons. The largest absolute Gasteiger partial charge is 0.353 e. The van der Waals surface area contributed by atoms with Gasteiger partial charge < -0.3 is 4.90 Å². The first kappa shape index (κ1) is 12.7. The monoisotopic (exact) mass is 220 g/mol. The minimum atomic E-state index is 0.344. The average molecular weight is 220 g/mol. The van der Waals surface area contributed by atoms with Crippen molar-refractivity contribution in [3.8, 4) is 0 Å². The molecule has 0 spiro atoms. The number of hydrogen-bond acceptors (Lipinski definition) is 3. The molecule has 0 aliphatic rings. The topological polar surface area (TPSA) is 33.2 Å². The second-order valence-electron chi connectivity index (χ2n) is 4.67. The Bertz CT molecular complexity index is 348. The van der Waals surface area contributed by atoms with Crippen LogP contribution in [0.15, 0.2) is 18.3 Å². The fourth-order valence-electron chi connectivity index (χ4n) is 1.68. The summed E-state index contributed by atoms with van der Waals surface area (Å²) in [5.41, 5.74) is 0.664. The number of aromatic nitrogens is 1. The molecule has 0 aromatic carbocycles. The maximum atomic E-state index is 11.0. The molecule has 0 aliphatic heterocycles. The van der Waals surface area contributed by atoms with Gasteiger partial charge in [-0.2, -0.15) is 0 Å². The van der Waals surface area contributed by atoms with Crippen molar-refractivity contribution in [3.63, 3.8) is 0 Å². The smallest absolute Gasteiger partial charge is 0.153 e. The van der Waals surface area contributed by atoms with Crippen LogP contribution in [0, 0.1) is 5.92 Å². The minimum Gasteiger partial charge on any atom is -0.353 e. The molecule has 0 atom stereocenters. The van der Waals surface area contributed by atoms with Crippen LogP contribution in [-0.2, 0) is 0 Å². The van der Waals surface area contributed by atoms with Crippen LogP contribution in [0.1, 0.15) is 38.1 Å². The summed E-state index contributed by atoms with van der Waals surface area (Å²) in [4.78, 5) is 17.5. The van der Waals surface area contributed by atoms with Crippen LogP contribution in [0.25, 0.3) is 0 Å². The van der Waals surface area contributed by atoms with E-state index in [1.807, 2.05) is 6.07 Å². The third kappa shape index (κ3) is 3.05. The van der Waals surface area contributed by atoms with Gasteiger partial charge >= 0.3 is 0 Å². The first-order valence-electron chi connectivity index (χ1n) is 5.73. The third-order valence-electron chi connectivity index (χ3n) is 2.40. The molecule has 0 radical (unpaired) electrons. The van der Waals surface area contributed by atoms with E-state index in [1.165, 1.54) is 0 Å². The Balaban J connectivity index is 3.05. The molecule has 0 bridgehead atoms. The van der Waals surface area contributed by atoms with Gasteiger partial charge in [0.25, 0.3) is 0 Å². The fraction of sp³-hybridized carbons (Fsp3) is 0.538. The van der Waals surface area contributed by atoms with E-state index in [0.717, 1.165) is 18.6 Å². The molecule has 3 nitrogen and oxygen atoms in total. The van der Waals surface area contributed by atoms with Crippen molar-refractivity contribution in [2.24, 2.45) is 5.92 Å². The SMILES string of the molecule is CC(C)CN(c1ncccc1C=O)C(C)C. The summed E-state index contributed by atoms with van der Waals surface area (Å²) in [5.74, 6) is 1.34. The lowest BCUT2D eigenvalue weighted by Crippen LogP contribution is -2.35. The zero-order valence-electron chi connectivity index (χ0n) is 10.5. The van der Waals surface area contributed by atoms with Crippen LogP contribution in [0.5, 0.6) is 0 Å². The maximum absolute atomic E-state index is 11.0. The molecule has 0 fully saturated rings. The van der Waals surface area contributed by atoms with Gasteiger partial charge in [-0.3, -0.25) is 4.79 Å². The van der Waals surface area contributed by atoms with Crippen molar-refractivity contribution in [1.82, 2.24) is 4.98 Å². The second-order valence-corrected chi connectivity index (χ2v) is 4.67. The van der Waals surface area contributed by atoms with Crippen molar-refractivity contribution in [2.45, 2.75) is 33.7 Å². The van der Waals surface area contributed by atoms with E-state index in [4.69, 9.17) is 0 Å². The van der Waals surface area contributed by atoms with Crippen LogP contribution >= 0.6 is 0 Å². The molecule has 0 aliphatic carbocycles. The Labute approximate surface area is 97.5 Å². The van der Waals surface area contributed by atoms with Gasteiger partial charge in [-0.1, -0.05) is 13.8 Å². The Kier molecular flexibility index (Phi) is 4.47. The molecule has 1 aromatic rings. The minimum absolute atomic E-state index is 0.344. The van der Waals surface area contributed by atoms with Gasteiger partial charge in [-0.05, 0) is 31.9 Å². The first-order chi connectivity index (χ1) is 7.56. The summed E-state index contributed by atoms with van der Waals surface area (Å²) in [5, 5.41) is 0. The second kappa shape index (κ2) is 5.64. The number of hydrogen-bond donors (Lipinski definition) is 0. The standard InChI is InChI=1S/C13H20N2O/c1-10(2)8-15(11(3)4)13-12(9-16)6-5-7-14-13/h5-7,9-11H,8H2,1-4H3. The Hall–Kier alpha value is -1.38. The quantitative estimate of drug-likeness (QED) is 0.715. The fourth-order valence-corrected chi connectivity index (χ4v) is 1.68. The van der Waals surface area contributed by atoms with E-state index in [9.17, 15) is 4.79 Å². The van der Waals surface area contributed by atoms with Crippen molar-refractivity contribution < 1.29 is 4.79 Å². The normalized spacial score (nSPS) is 10.9. The lowest BCUT2D eigenvalue weighted by molar-refractivity contribution is 0.112. The van der Waals surface area contributed by atoms with E-state index < -0.39 is 0 Å². The number of carbonyl (C=O) groups is 1. The van der Waals surface area contributed by atoms with Gasteiger partial charge in [0, 0.05) is 18.8 Å². The highest BCUT2D eigenvalue weighted by molar-refractivity contribution is 5.82. The van der Waals surface area contributed by atoms with E-state index in [-0.39, 0.29) is 0 Å². The Morgan fingerprint density at radius 1 is 1.38 bits per heavy atom. The van der Waals surface area contributed by atoms with E-state index in [1.54, 1.807) is 12.3 Å². The summed E-state index contributed by atoms with van der Waals surface area (Å²) in [7, 11) is 0. The Morgan fingerprint density at radius 2 is 2.06 bits per heavy atom. The van der Waals surface area contributed by atoms with E-state index in [0.29, 0.717) is 17.5 Å². The van der Waals surface area contributed by atoms with Crippen LogP contribution in [0.2, 0.25) is 0 Å². The molecule has 3 heteroatoms. The van der Waals surface area contributed by atoms with E-state index in [2.05, 4.69) is 37.6 Å². The highest BCUT2D eigenvalue weighted by Crippen LogP contribution is 2.19. The molecule has 0 unspecified atom stereocenters. The summed E-state index contributed by atoms with van der Waals surface area (Å²) >= 11 is 0. The summed E-state index contributed by atoms with van der Waals surface area (Å²) < 4.78 is 0. The van der Waals surface area contributed by atoms with Crippen LogP contribution in [0.3, 0.4) is 0 Å². The lowest BCUT2D eigenvalue weighted by Gasteiger charge is -2.30. The average Bonchev–Trinajstić information content (AvgIpc) is 2.25. The molecular formula is C13H20N2O. The number of pyridine rings is 1. The van der Waals surface area contributed by atoms with Gasteiger partial charge in [0.15, 0.2) is 6.29 Å². The van der Waals surface area contributed by atoms with Gasteiger partial charge in [-0.15, -0.1) is 0 Å². The molecule has 1 rings (SSSR count). The molecule has 0 saturated heterocycles. The van der Waals surface area contributed by atoms with Gasteiger partial charge in [0.05, 0.1) is 5.56 Å². The number of carbonyl (C=O) groups excluding carboxylic acids is 1. The number of anilines is 1. The summed E-state index contributed by atoms with van der Waals surface area (Å²) in [6, 6.07) is 3.95. The molecule has 1 heterocycles. The lowest BCUT2D eigenvalue weighted by atomic mass is 10.1. The number of rotatable bonds is 5. The number of nitrogens with zero attached hydrogens (tertiary/aromatic N) is 2. The summed E-state index contributed by atoms with van der Waals surface area (Å²) in [6.07, 6.45) is 2.61. The number of aldehydes is 1. The zero-order valence-corrected chi connectivity index (χ0v) is 10.5. The van der Waals surface area contributed by atoms with Crippen LogP contribution in [0.4, 0.5) is 5.82 Å². The Morgan fingerprint density at radius 3 is 2.56 bits per heavy atom. The van der Waals surface area contributed by atoms with Crippen LogP contribution in [-0.4, -0.2) is 23.9 Å². The van der Waals surface area contributed by atoms with Gasteiger partial charge in [0.2, 0.25) is 0 Å². The van der Waals surface area contributed by atoms with Gasteiger partial charge in [0.1, 0.15) is 5.82 Å². The van der Waals surface area contributed by atoms with Crippen molar-refractivity contribution in [1.29, 1.82) is 0 Å². The van der Waals surface area contributed by atoms with Gasteiger partial charge in [-0.25, -0.2) is 4.98 Å². The molecular weight excluding hydrogens is 200 g/mol. The predicted octanol–water partition coefficient (Wildman–Crippen LogP) is 2.76. The highest BCUT2D eigenvalue weighted by Gasteiger charge is 2.16. The molecule has 0 saturated carbocycles. The van der Waals surface area contributed by atoms with E-state index >= 15 is 0 Å². The maximum Gasteiger partial charge on any atom is 0.153 e. The molecule has 16 heavy (non-hydrogen) atoms. The highest BCUT2D eigenvalue weighted by atomic mass is 16.1. The van der Waals surface area contributed by atoms with Crippen LogP contribution < -0.4 is 4.90 Å². The van der Waals surface area contributed by atoms with Crippen molar-refractivity contribution in [2.75, 3.05) is 11.4 Å². The molecule has 0 N–H and O–H groups in total. The van der Waals surface area contributed by atoms with Crippen molar-refractivity contribution in [3.05, 3.63) is 23.9 Å². The molecule has 1 aromatic heterocycles. The first-order valence-corrected chi connectivity index (χ1v) is 5.73. The zero-order chi connectivity index (χ0) is 12.1. The summed E-state index contributed by atoms with van der Waals surface area (Å²) in [6.45, 7) is 9.48. The molecule has 0 amide bonds. The third-order valence-corrected chi connectivity index (χ3v) is 2.40. The predicted molar refractivity (Wildman–Crippen MR) is 66.9 cm³/mol. The van der Waals surface area contributed by atoms with Crippen molar-refractivity contribution >= 4 is 12.1 Å².